The first-order chi connectivity index (χ1) is 13.5. The summed E-state index contributed by atoms with van der Waals surface area (Å²) in [7, 11) is 6.76. The van der Waals surface area contributed by atoms with E-state index in [-0.39, 0.29) is 29.7 Å². The summed E-state index contributed by atoms with van der Waals surface area (Å²) in [5.41, 5.74) is 1.71. The normalized spacial score (nSPS) is 10.7. The van der Waals surface area contributed by atoms with Gasteiger partial charge in [0.1, 0.15) is 11.5 Å². The molecule has 0 aliphatic carbocycles. The second kappa shape index (κ2) is 12.3. The zero-order valence-electron chi connectivity index (χ0n) is 17.6. The van der Waals surface area contributed by atoms with Crippen LogP contribution in [0.5, 0.6) is 23.0 Å². The molecule has 0 saturated heterocycles. The first-order valence-electron chi connectivity index (χ1n) is 9.09. The number of benzene rings is 2. The van der Waals surface area contributed by atoms with Gasteiger partial charge < -0.3 is 29.5 Å². The first-order valence-corrected chi connectivity index (χ1v) is 9.09. The molecule has 160 valence electrons. The van der Waals surface area contributed by atoms with Crippen molar-refractivity contribution in [2.24, 2.45) is 4.99 Å². The fourth-order valence-corrected chi connectivity index (χ4v) is 2.80. The van der Waals surface area contributed by atoms with Gasteiger partial charge >= 0.3 is 0 Å². The third kappa shape index (κ3) is 6.59. The Balaban J connectivity index is 0.00000420. The minimum atomic E-state index is 0. The molecule has 0 bridgehead atoms. The highest BCUT2D eigenvalue weighted by molar-refractivity contribution is 14.0. The third-order valence-corrected chi connectivity index (χ3v) is 4.30. The van der Waals surface area contributed by atoms with Crippen LogP contribution >= 0.6 is 24.0 Å². The Morgan fingerprint density at radius 3 is 2.38 bits per heavy atom. The first kappa shape index (κ1) is 24.7. The average molecular weight is 515 g/mol. The van der Waals surface area contributed by atoms with Crippen molar-refractivity contribution >= 4 is 29.9 Å². The fourth-order valence-electron chi connectivity index (χ4n) is 2.80. The van der Waals surface area contributed by atoms with Crippen LogP contribution < -0.4 is 19.5 Å². The highest BCUT2D eigenvalue weighted by Crippen LogP contribution is 2.30. The van der Waals surface area contributed by atoms with Crippen LogP contribution in [0.25, 0.3) is 0 Å². The highest BCUT2D eigenvalue weighted by Gasteiger charge is 2.12. The number of hydrogen-bond donors (Lipinski definition) is 2. The van der Waals surface area contributed by atoms with Crippen molar-refractivity contribution in [2.75, 3.05) is 34.9 Å². The zero-order chi connectivity index (χ0) is 20.5. The van der Waals surface area contributed by atoms with Crippen LogP contribution in [-0.4, -0.2) is 50.9 Å². The van der Waals surface area contributed by atoms with Gasteiger partial charge in [-0.15, -0.1) is 24.0 Å². The Morgan fingerprint density at radius 1 is 1.03 bits per heavy atom. The number of aliphatic imine (C=N–C) groups is 1. The van der Waals surface area contributed by atoms with E-state index in [1.54, 1.807) is 20.3 Å². The van der Waals surface area contributed by atoms with Gasteiger partial charge in [-0.1, -0.05) is 12.1 Å². The third-order valence-electron chi connectivity index (χ3n) is 4.30. The molecule has 0 amide bonds. The number of hydrogen-bond acceptors (Lipinski definition) is 5. The Hall–Kier alpha value is -2.36. The molecule has 0 aliphatic heterocycles. The molecule has 0 fully saturated rings. The van der Waals surface area contributed by atoms with Crippen molar-refractivity contribution in [3.63, 3.8) is 0 Å². The van der Waals surface area contributed by atoms with Crippen LogP contribution in [0.1, 0.15) is 18.1 Å². The quantitative estimate of drug-likeness (QED) is 0.318. The largest absolute Gasteiger partial charge is 0.504 e. The lowest BCUT2D eigenvalue weighted by molar-refractivity contribution is 0.370. The van der Waals surface area contributed by atoms with Gasteiger partial charge in [0.25, 0.3) is 0 Å². The van der Waals surface area contributed by atoms with E-state index in [1.165, 1.54) is 7.11 Å². The Kier molecular flexibility index (Phi) is 10.4. The topological polar surface area (TPSA) is 75.6 Å². The van der Waals surface area contributed by atoms with Crippen molar-refractivity contribution in [2.45, 2.75) is 20.0 Å². The van der Waals surface area contributed by atoms with Crippen molar-refractivity contribution < 1.29 is 19.3 Å². The smallest absolute Gasteiger partial charge is 0.194 e. The molecule has 0 spiro atoms. The Morgan fingerprint density at radius 2 is 1.76 bits per heavy atom. The molecule has 0 radical (unpaired) electrons. The van der Waals surface area contributed by atoms with Crippen LogP contribution in [0.2, 0.25) is 0 Å². The van der Waals surface area contributed by atoms with Crippen molar-refractivity contribution in [3.8, 4) is 23.0 Å². The van der Waals surface area contributed by atoms with Crippen molar-refractivity contribution in [3.05, 3.63) is 47.5 Å². The van der Waals surface area contributed by atoms with Crippen molar-refractivity contribution in [1.29, 1.82) is 0 Å². The van der Waals surface area contributed by atoms with Gasteiger partial charge in [-0.2, -0.15) is 0 Å². The molecule has 0 aliphatic rings. The summed E-state index contributed by atoms with van der Waals surface area (Å²) in [5.74, 6) is 2.78. The van der Waals surface area contributed by atoms with E-state index in [2.05, 4.69) is 10.3 Å². The average Bonchev–Trinajstić information content (AvgIpc) is 2.72. The fraction of sp³-hybridized carbons (Fsp3) is 0.381. The number of halogens is 1. The van der Waals surface area contributed by atoms with Gasteiger partial charge in [0.15, 0.2) is 17.5 Å². The van der Waals surface area contributed by atoms with E-state index in [0.717, 1.165) is 29.6 Å². The predicted molar refractivity (Wildman–Crippen MR) is 126 cm³/mol. The standard InChI is InChI=1S/C21H29N3O4.HI/c1-6-22-21(23-13-15-8-7-9-18(27-4)20(15)25)24(2)14-16-10-11-17(26-3)12-19(16)28-5;/h7-12,25H,6,13-14H2,1-5H3,(H,22,23);1H. The summed E-state index contributed by atoms with van der Waals surface area (Å²) >= 11 is 0. The number of nitrogens with one attached hydrogen (secondary N) is 1. The van der Waals surface area contributed by atoms with E-state index in [0.29, 0.717) is 24.4 Å². The molecule has 7 nitrogen and oxygen atoms in total. The molecule has 0 heterocycles. The van der Waals surface area contributed by atoms with Crippen LogP contribution in [0.15, 0.2) is 41.4 Å². The van der Waals surface area contributed by atoms with Gasteiger partial charge in [-0.05, 0) is 25.1 Å². The molecular weight excluding hydrogens is 485 g/mol. The molecule has 0 saturated carbocycles. The van der Waals surface area contributed by atoms with E-state index in [9.17, 15) is 5.11 Å². The summed E-state index contributed by atoms with van der Waals surface area (Å²) in [6.07, 6.45) is 0. The number of ether oxygens (including phenoxy) is 3. The van der Waals surface area contributed by atoms with E-state index >= 15 is 0 Å². The lowest BCUT2D eigenvalue weighted by Gasteiger charge is -2.23. The Bertz CT molecular complexity index is 815. The molecule has 2 N–H and O–H groups in total. The van der Waals surface area contributed by atoms with Crippen LogP contribution in [0, 0.1) is 0 Å². The zero-order valence-corrected chi connectivity index (χ0v) is 19.9. The van der Waals surface area contributed by atoms with E-state index in [1.807, 2.05) is 49.2 Å². The molecule has 2 rings (SSSR count). The van der Waals surface area contributed by atoms with Gasteiger partial charge in [0.2, 0.25) is 0 Å². The van der Waals surface area contributed by atoms with Crippen LogP contribution in [0.4, 0.5) is 0 Å². The lowest BCUT2D eigenvalue weighted by Crippen LogP contribution is -2.38. The van der Waals surface area contributed by atoms with Gasteiger partial charge in [0, 0.05) is 37.3 Å². The number of guanidine groups is 1. The van der Waals surface area contributed by atoms with Crippen LogP contribution in [0.3, 0.4) is 0 Å². The van der Waals surface area contributed by atoms with Gasteiger partial charge in [0.05, 0.1) is 27.9 Å². The minimum Gasteiger partial charge on any atom is -0.504 e. The summed E-state index contributed by atoms with van der Waals surface area (Å²) in [6.45, 7) is 3.67. The summed E-state index contributed by atoms with van der Waals surface area (Å²) in [5, 5.41) is 13.5. The molecule has 2 aromatic carbocycles. The second-order valence-corrected chi connectivity index (χ2v) is 6.17. The number of aromatic hydroxyl groups is 1. The number of rotatable bonds is 8. The summed E-state index contributed by atoms with van der Waals surface area (Å²) in [6, 6.07) is 11.1. The Labute approximate surface area is 189 Å². The second-order valence-electron chi connectivity index (χ2n) is 6.17. The van der Waals surface area contributed by atoms with Gasteiger partial charge in [-0.25, -0.2) is 4.99 Å². The SMILES string of the molecule is CCNC(=NCc1cccc(OC)c1O)N(C)Cc1ccc(OC)cc1OC.I. The van der Waals surface area contributed by atoms with E-state index < -0.39 is 0 Å². The molecule has 8 heteroatoms. The molecule has 2 aromatic rings. The monoisotopic (exact) mass is 515 g/mol. The number of nitrogens with zero attached hydrogens (tertiary/aromatic N) is 2. The number of methoxy groups -OCH3 is 3. The maximum atomic E-state index is 10.3. The van der Waals surface area contributed by atoms with Crippen molar-refractivity contribution in [1.82, 2.24) is 10.2 Å². The summed E-state index contributed by atoms with van der Waals surface area (Å²) < 4.78 is 15.9. The number of para-hydroxylation sites is 1. The highest BCUT2D eigenvalue weighted by atomic mass is 127. The van der Waals surface area contributed by atoms with E-state index in [4.69, 9.17) is 14.2 Å². The predicted octanol–water partition coefficient (Wildman–Crippen LogP) is 3.63. The molecule has 29 heavy (non-hydrogen) atoms. The molecule has 0 aromatic heterocycles. The van der Waals surface area contributed by atoms with Gasteiger partial charge in [-0.3, -0.25) is 0 Å². The maximum Gasteiger partial charge on any atom is 0.194 e. The molecule has 0 atom stereocenters. The molecule has 0 unspecified atom stereocenters. The van der Waals surface area contributed by atoms with Crippen LogP contribution in [-0.2, 0) is 13.1 Å². The number of phenolic OH excluding ortho intramolecular Hbond substituents is 1. The molecular formula is C21H30IN3O4. The summed E-state index contributed by atoms with van der Waals surface area (Å²) in [4.78, 5) is 6.66. The number of phenols is 1. The maximum absolute atomic E-state index is 10.3. The lowest BCUT2D eigenvalue weighted by atomic mass is 10.2. The minimum absolute atomic E-state index is 0.